The molecule has 0 bridgehead atoms. The number of hydrogen-bond acceptors (Lipinski definition) is 2. The third-order valence-corrected chi connectivity index (χ3v) is 1.97. The fourth-order valence-electron chi connectivity index (χ4n) is 0.917. The van der Waals surface area contributed by atoms with Crippen LogP contribution in [0.2, 0.25) is 0 Å². The molecule has 64 valence electrons. The van der Waals surface area contributed by atoms with Gasteiger partial charge in [0.1, 0.15) is 0 Å². The number of benzene rings is 1. The van der Waals surface area contributed by atoms with Gasteiger partial charge in [-0.1, -0.05) is 40.2 Å². The molecule has 0 saturated heterocycles. The van der Waals surface area contributed by atoms with Gasteiger partial charge in [-0.3, -0.25) is 0 Å². The van der Waals surface area contributed by atoms with Gasteiger partial charge in [-0.2, -0.15) is 0 Å². The molecule has 13 heavy (non-hydrogen) atoms. The molecule has 0 fully saturated rings. The van der Waals surface area contributed by atoms with Crippen LogP contribution in [0.4, 0.5) is 0 Å². The normalized spacial score (nSPS) is 9.00. The van der Waals surface area contributed by atoms with Gasteiger partial charge in [-0.15, -0.1) is 0 Å². The molecule has 0 aliphatic rings. The van der Waals surface area contributed by atoms with Crippen LogP contribution in [0.1, 0.15) is 15.9 Å². The Labute approximate surface area is 97.6 Å². The first-order valence-electron chi connectivity index (χ1n) is 3.60. The van der Waals surface area contributed by atoms with Crippen molar-refractivity contribution in [1.82, 2.24) is 0 Å². The number of carbonyl (C=O) groups is 1. The van der Waals surface area contributed by atoms with E-state index in [2.05, 4.69) is 15.9 Å². The maximum Gasteiger partial charge on any atom is 1.00 e. The van der Waals surface area contributed by atoms with Crippen molar-refractivity contribution >= 4 is 21.9 Å². The van der Waals surface area contributed by atoms with Crippen molar-refractivity contribution in [2.45, 2.75) is 6.42 Å². The Morgan fingerprint density at radius 1 is 1.31 bits per heavy atom. The van der Waals surface area contributed by atoms with Gasteiger partial charge in [-0.25, -0.2) is 0 Å². The van der Waals surface area contributed by atoms with Crippen molar-refractivity contribution in [3.05, 3.63) is 35.4 Å². The largest absolute Gasteiger partial charge is 1.00 e. The number of aromatic carboxylic acids is 1. The van der Waals surface area contributed by atoms with Gasteiger partial charge in [0, 0.05) is 5.33 Å². The average molecular weight is 235 g/mol. The maximum absolute atomic E-state index is 10.3. The molecule has 0 aliphatic heterocycles. The van der Waals surface area contributed by atoms with Gasteiger partial charge in [0.15, 0.2) is 0 Å². The zero-order chi connectivity index (χ0) is 8.97. The van der Waals surface area contributed by atoms with Crippen LogP contribution < -0.4 is 24.0 Å². The van der Waals surface area contributed by atoms with E-state index < -0.39 is 5.97 Å². The summed E-state index contributed by atoms with van der Waals surface area (Å²) in [6, 6.07) is 6.72. The Balaban J connectivity index is 0.00000144. The van der Waals surface area contributed by atoms with E-state index in [-0.39, 0.29) is 24.4 Å². The molecule has 0 aliphatic carbocycles. The van der Waals surface area contributed by atoms with Gasteiger partial charge in [0.05, 0.1) is 5.97 Å². The Morgan fingerprint density at radius 3 is 2.23 bits per heavy atom. The Kier molecular flexibility index (Phi) is 6.14. The number of halogens is 1. The quantitative estimate of drug-likeness (QED) is 0.448. The Morgan fingerprint density at radius 2 is 1.85 bits per heavy atom. The van der Waals surface area contributed by atoms with E-state index >= 15 is 0 Å². The summed E-state index contributed by atoms with van der Waals surface area (Å²) >= 11 is 3.30. The number of rotatable bonds is 3. The summed E-state index contributed by atoms with van der Waals surface area (Å²) in [5.74, 6) is -1.12. The minimum atomic E-state index is -1.12. The SMILES string of the molecule is O=C([O-])c1ccc(CCBr)cc1.[Li+]. The first-order chi connectivity index (χ1) is 5.74. The first kappa shape index (κ1) is 12.8. The molecule has 1 rings (SSSR count). The van der Waals surface area contributed by atoms with E-state index in [0.717, 1.165) is 17.3 Å². The van der Waals surface area contributed by atoms with Crippen LogP contribution in [0.3, 0.4) is 0 Å². The molecule has 0 aromatic heterocycles. The number of carbonyl (C=O) groups excluding carboxylic acids is 1. The molecule has 1 aromatic rings. The molecule has 0 spiro atoms. The van der Waals surface area contributed by atoms with Gasteiger partial charge in [0.2, 0.25) is 0 Å². The number of hydrogen-bond donors (Lipinski definition) is 0. The maximum atomic E-state index is 10.3. The molecule has 0 saturated carbocycles. The molecule has 0 heterocycles. The second kappa shape index (κ2) is 6.26. The average Bonchev–Trinajstić information content (AvgIpc) is 2.06. The van der Waals surface area contributed by atoms with Gasteiger partial charge >= 0.3 is 18.9 Å². The van der Waals surface area contributed by atoms with Crippen LogP contribution in [0.5, 0.6) is 0 Å². The van der Waals surface area contributed by atoms with Crippen LogP contribution in [0, 0.1) is 0 Å². The second-order valence-electron chi connectivity index (χ2n) is 2.42. The van der Waals surface area contributed by atoms with Crippen LogP contribution >= 0.6 is 15.9 Å². The van der Waals surface area contributed by atoms with Gasteiger partial charge < -0.3 is 9.90 Å². The smallest absolute Gasteiger partial charge is 0.545 e. The monoisotopic (exact) mass is 234 g/mol. The Bertz CT molecular complexity index is 271. The van der Waals surface area contributed by atoms with Crippen molar-refractivity contribution in [3.8, 4) is 0 Å². The van der Waals surface area contributed by atoms with Crippen molar-refractivity contribution in [2.75, 3.05) is 5.33 Å². The fourth-order valence-corrected chi connectivity index (χ4v) is 1.37. The van der Waals surface area contributed by atoms with Crippen LogP contribution in [0.25, 0.3) is 0 Å². The molecule has 4 heteroatoms. The minimum Gasteiger partial charge on any atom is -0.545 e. The molecule has 0 radical (unpaired) electrons. The van der Waals surface area contributed by atoms with E-state index in [9.17, 15) is 9.90 Å². The molecule has 0 unspecified atom stereocenters. The number of aryl methyl sites for hydroxylation is 1. The second-order valence-corrected chi connectivity index (χ2v) is 3.22. The molecule has 0 amide bonds. The van der Waals surface area contributed by atoms with Crippen LogP contribution in [-0.4, -0.2) is 11.3 Å². The molecule has 1 aromatic carbocycles. The predicted octanol–water partition coefficient (Wildman–Crippen LogP) is -2.01. The summed E-state index contributed by atoms with van der Waals surface area (Å²) < 4.78 is 0. The fraction of sp³-hybridized carbons (Fsp3) is 0.222. The zero-order valence-electron chi connectivity index (χ0n) is 7.42. The number of carboxylic acid groups (broad SMARTS) is 1. The molecular weight excluding hydrogens is 227 g/mol. The topological polar surface area (TPSA) is 40.1 Å². The summed E-state index contributed by atoms with van der Waals surface area (Å²) in [4.78, 5) is 10.3. The first-order valence-corrected chi connectivity index (χ1v) is 4.72. The summed E-state index contributed by atoms with van der Waals surface area (Å²) in [6.45, 7) is 0. The van der Waals surface area contributed by atoms with Crippen molar-refractivity contribution < 1.29 is 28.8 Å². The van der Waals surface area contributed by atoms with E-state index in [0.29, 0.717) is 0 Å². The van der Waals surface area contributed by atoms with Crippen molar-refractivity contribution in [2.24, 2.45) is 0 Å². The van der Waals surface area contributed by atoms with Crippen molar-refractivity contribution in [1.29, 1.82) is 0 Å². The summed E-state index contributed by atoms with van der Waals surface area (Å²) in [5.41, 5.74) is 1.35. The van der Waals surface area contributed by atoms with Crippen LogP contribution in [-0.2, 0) is 6.42 Å². The molecule has 0 N–H and O–H groups in total. The minimum absolute atomic E-state index is 0. The summed E-state index contributed by atoms with van der Waals surface area (Å²) in [6.07, 6.45) is 0.910. The van der Waals surface area contributed by atoms with E-state index in [1.54, 1.807) is 24.3 Å². The summed E-state index contributed by atoms with van der Waals surface area (Å²) in [5, 5.41) is 11.2. The number of carboxylic acids is 1. The standard InChI is InChI=1S/C9H9BrO2.Li/c10-6-5-7-1-3-8(4-2-7)9(11)12;/h1-4H,5-6H2,(H,11,12);/q;+1/p-1. The van der Waals surface area contributed by atoms with Crippen molar-refractivity contribution in [3.63, 3.8) is 0 Å². The predicted molar refractivity (Wildman–Crippen MR) is 48.3 cm³/mol. The van der Waals surface area contributed by atoms with Gasteiger partial charge in [0.25, 0.3) is 0 Å². The summed E-state index contributed by atoms with van der Waals surface area (Å²) in [7, 11) is 0. The van der Waals surface area contributed by atoms with E-state index in [1.807, 2.05) is 0 Å². The number of alkyl halides is 1. The van der Waals surface area contributed by atoms with E-state index in [1.165, 1.54) is 0 Å². The third kappa shape index (κ3) is 3.99. The third-order valence-electron chi connectivity index (χ3n) is 1.57. The van der Waals surface area contributed by atoms with Crippen LogP contribution in [0.15, 0.2) is 24.3 Å². The van der Waals surface area contributed by atoms with Gasteiger partial charge in [-0.05, 0) is 17.5 Å². The zero-order valence-corrected chi connectivity index (χ0v) is 9.00. The molecular formula is C9H8BrLiO2. The van der Waals surface area contributed by atoms with E-state index in [4.69, 9.17) is 0 Å². The Hall–Kier alpha value is -0.233. The molecule has 0 atom stereocenters. The molecule has 2 nitrogen and oxygen atoms in total.